The SMILES string of the molecule is CC=CC1CC(C)C2CCC3CC132. The van der Waals surface area contributed by atoms with E-state index in [0.717, 1.165) is 29.1 Å². The minimum absolute atomic E-state index is 0.825. The monoisotopic (exact) mass is 176 g/mol. The summed E-state index contributed by atoms with van der Waals surface area (Å²) in [5.41, 5.74) is 0.825. The highest BCUT2D eigenvalue weighted by atomic mass is 14.7. The Morgan fingerprint density at radius 2 is 2.15 bits per heavy atom. The molecule has 0 nitrogen and oxygen atoms in total. The van der Waals surface area contributed by atoms with Crippen molar-refractivity contribution < 1.29 is 0 Å². The zero-order chi connectivity index (χ0) is 9.05. The molecule has 0 aromatic carbocycles. The van der Waals surface area contributed by atoms with Crippen molar-refractivity contribution in [3.63, 3.8) is 0 Å². The predicted molar refractivity (Wildman–Crippen MR) is 55.3 cm³/mol. The second-order valence-electron chi connectivity index (χ2n) is 5.54. The van der Waals surface area contributed by atoms with Crippen LogP contribution in [0.1, 0.15) is 39.5 Å². The van der Waals surface area contributed by atoms with Gasteiger partial charge in [0.1, 0.15) is 0 Å². The Labute approximate surface area is 81.4 Å². The van der Waals surface area contributed by atoms with Crippen LogP contribution in [0.5, 0.6) is 0 Å². The molecule has 5 unspecified atom stereocenters. The maximum absolute atomic E-state index is 2.50. The number of hydrogen-bond donors (Lipinski definition) is 0. The lowest BCUT2D eigenvalue weighted by Crippen LogP contribution is -2.14. The van der Waals surface area contributed by atoms with Crippen molar-refractivity contribution >= 4 is 0 Å². The second kappa shape index (κ2) is 2.40. The molecule has 0 radical (unpaired) electrons. The number of hydrogen-bond acceptors (Lipinski definition) is 0. The Bertz CT molecular complexity index is 253. The summed E-state index contributed by atoms with van der Waals surface area (Å²) in [6.07, 6.45) is 10.9. The van der Waals surface area contributed by atoms with E-state index < -0.39 is 0 Å². The van der Waals surface area contributed by atoms with E-state index in [1.54, 1.807) is 19.3 Å². The van der Waals surface area contributed by atoms with E-state index in [-0.39, 0.29) is 0 Å². The van der Waals surface area contributed by atoms with E-state index in [0.29, 0.717) is 0 Å². The topological polar surface area (TPSA) is 0 Å². The zero-order valence-corrected chi connectivity index (χ0v) is 8.79. The van der Waals surface area contributed by atoms with Crippen molar-refractivity contribution in [1.29, 1.82) is 0 Å². The zero-order valence-electron chi connectivity index (χ0n) is 8.79. The van der Waals surface area contributed by atoms with E-state index in [1.165, 1.54) is 6.42 Å². The van der Waals surface area contributed by atoms with E-state index in [4.69, 9.17) is 0 Å². The quantitative estimate of drug-likeness (QED) is 0.535. The van der Waals surface area contributed by atoms with Crippen molar-refractivity contribution in [2.45, 2.75) is 39.5 Å². The average Bonchev–Trinajstić information content (AvgIpc) is 2.61. The van der Waals surface area contributed by atoms with Gasteiger partial charge in [0.25, 0.3) is 0 Å². The van der Waals surface area contributed by atoms with E-state index in [2.05, 4.69) is 26.0 Å². The molecule has 3 fully saturated rings. The van der Waals surface area contributed by atoms with Crippen LogP contribution >= 0.6 is 0 Å². The van der Waals surface area contributed by atoms with Crippen LogP contribution in [0.15, 0.2) is 12.2 Å². The summed E-state index contributed by atoms with van der Waals surface area (Å²) >= 11 is 0. The normalized spacial score (nSPS) is 58.3. The summed E-state index contributed by atoms with van der Waals surface area (Å²) in [7, 11) is 0. The summed E-state index contributed by atoms with van der Waals surface area (Å²) in [5.74, 6) is 4.18. The molecule has 1 spiro atoms. The Morgan fingerprint density at radius 3 is 2.85 bits per heavy atom. The molecule has 0 aliphatic heterocycles. The van der Waals surface area contributed by atoms with Crippen molar-refractivity contribution in [1.82, 2.24) is 0 Å². The lowest BCUT2D eigenvalue weighted by molar-refractivity contribution is 0.306. The van der Waals surface area contributed by atoms with Crippen LogP contribution in [0.2, 0.25) is 0 Å². The Balaban J connectivity index is 1.92. The lowest BCUT2D eigenvalue weighted by Gasteiger charge is -2.19. The van der Waals surface area contributed by atoms with E-state index in [1.807, 2.05) is 0 Å². The van der Waals surface area contributed by atoms with Gasteiger partial charge < -0.3 is 0 Å². The van der Waals surface area contributed by atoms with Gasteiger partial charge in [-0.1, -0.05) is 19.1 Å². The van der Waals surface area contributed by atoms with Gasteiger partial charge in [0.2, 0.25) is 0 Å². The second-order valence-corrected chi connectivity index (χ2v) is 5.54. The molecule has 13 heavy (non-hydrogen) atoms. The smallest absolute Gasteiger partial charge is 0.0169 e. The van der Waals surface area contributed by atoms with Gasteiger partial charge in [0, 0.05) is 0 Å². The number of allylic oxidation sites excluding steroid dienone is 2. The highest BCUT2D eigenvalue weighted by molar-refractivity contribution is 5.21. The van der Waals surface area contributed by atoms with Crippen LogP contribution in [-0.4, -0.2) is 0 Å². The van der Waals surface area contributed by atoms with Gasteiger partial charge in [-0.2, -0.15) is 0 Å². The predicted octanol–water partition coefficient (Wildman–Crippen LogP) is 3.63. The molecular formula is C13H20. The third kappa shape index (κ3) is 0.825. The minimum atomic E-state index is 0.825. The van der Waals surface area contributed by atoms with Crippen molar-refractivity contribution in [3.8, 4) is 0 Å². The van der Waals surface area contributed by atoms with Crippen LogP contribution in [-0.2, 0) is 0 Å². The first-order chi connectivity index (χ1) is 6.29. The molecule has 0 saturated heterocycles. The molecule has 0 N–H and O–H groups in total. The molecule has 0 bridgehead atoms. The van der Waals surface area contributed by atoms with Crippen molar-refractivity contribution in [2.24, 2.45) is 29.1 Å². The molecule has 0 heterocycles. The van der Waals surface area contributed by atoms with Gasteiger partial charge in [0.05, 0.1) is 0 Å². The maximum Gasteiger partial charge on any atom is -0.0169 e. The van der Waals surface area contributed by atoms with Gasteiger partial charge in [-0.15, -0.1) is 0 Å². The number of rotatable bonds is 1. The highest BCUT2D eigenvalue weighted by Crippen LogP contribution is 2.76. The first-order valence-corrected chi connectivity index (χ1v) is 5.92. The molecule has 3 rings (SSSR count). The fourth-order valence-electron chi connectivity index (χ4n) is 4.66. The van der Waals surface area contributed by atoms with E-state index >= 15 is 0 Å². The molecule has 0 aromatic rings. The largest absolute Gasteiger partial charge is 0.0914 e. The minimum Gasteiger partial charge on any atom is -0.0914 e. The van der Waals surface area contributed by atoms with Gasteiger partial charge in [-0.3, -0.25) is 0 Å². The van der Waals surface area contributed by atoms with Gasteiger partial charge in [-0.25, -0.2) is 0 Å². The summed E-state index contributed by atoms with van der Waals surface area (Å²) < 4.78 is 0. The summed E-state index contributed by atoms with van der Waals surface area (Å²) in [4.78, 5) is 0. The van der Waals surface area contributed by atoms with Gasteiger partial charge >= 0.3 is 0 Å². The summed E-state index contributed by atoms with van der Waals surface area (Å²) in [5, 5.41) is 0. The molecule has 3 saturated carbocycles. The molecule has 3 aliphatic carbocycles. The summed E-state index contributed by atoms with van der Waals surface area (Å²) in [6, 6.07) is 0. The summed E-state index contributed by atoms with van der Waals surface area (Å²) in [6.45, 7) is 4.66. The van der Waals surface area contributed by atoms with Crippen LogP contribution in [0.3, 0.4) is 0 Å². The first-order valence-electron chi connectivity index (χ1n) is 5.92. The molecule has 72 valence electrons. The Hall–Kier alpha value is -0.260. The van der Waals surface area contributed by atoms with Crippen molar-refractivity contribution in [3.05, 3.63) is 12.2 Å². The standard InChI is InChI=1S/C13H20/c1-3-4-10-7-9(2)12-6-5-11-8-13(10,11)12/h3-4,9-12H,5-8H2,1-2H3. The first kappa shape index (κ1) is 8.08. The third-order valence-corrected chi connectivity index (χ3v) is 5.14. The molecule has 0 aromatic heterocycles. The van der Waals surface area contributed by atoms with Crippen molar-refractivity contribution in [2.75, 3.05) is 0 Å². The molecule has 0 amide bonds. The third-order valence-electron chi connectivity index (χ3n) is 5.14. The van der Waals surface area contributed by atoms with E-state index in [9.17, 15) is 0 Å². The fourth-order valence-corrected chi connectivity index (χ4v) is 4.66. The van der Waals surface area contributed by atoms with Crippen LogP contribution in [0.4, 0.5) is 0 Å². The van der Waals surface area contributed by atoms with Gasteiger partial charge in [0.15, 0.2) is 0 Å². The maximum atomic E-state index is 2.50. The fraction of sp³-hybridized carbons (Fsp3) is 0.846. The van der Waals surface area contributed by atoms with Gasteiger partial charge in [-0.05, 0) is 61.7 Å². The van der Waals surface area contributed by atoms with Crippen LogP contribution in [0.25, 0.3) is 0 Å². The molecular weight excluding hydrogens is 156 g/mol. The molecule has 3 aliphatic rings. The highest BCUT2D eigenvalue weighted by Gasteiger charge is 2.69. The Kier molecular flexibility index (Phi) is 1.49. The Morgan fingerprint density at radius 1 is 1.31 bits per heavy atom. The molecule has 0 heteroatoms. The van der Waals surface area contributed by atoms with Crippen LogP contribution < -0.4 is 0 Å². The average molecular weight is 176 g/mol. The van der Waals surface area contributed by atoms with Crippen LogP contribution in [0, 0.1) is 29.1 Å². The molecule has 5 atom stereocenters. The lowest BCUT2D eigenvalue weighted by atomic mass is 9.85.